The van der Waals surface area contributed by atoms with Gasteiger partial charge in [-0.3, -0.25) is 9.59 Å². The highest BCUT2D eigenvalue weighted by Gasteiger charge is 2.38. The van der Waals surface area contributed by atoms with Gasteiger partial charge >= 0.3 is 6.09 Å². The van der Waals surface area contributed by atoms with Crippen LogP contribution in [0.2, 0.25) is 0 Å². The number of aliphatic hydroxyl groups excluding tert-OH is 1. The van der Waals surface area contributed by atoms with Crippen LogP contribution in [0.3, 0.4) is 0 Å². The number of ether oxygens (including phenoxy) is 1. The van der Waals surface area contributed by atoms with Crippen LogP contribution < -0.4 is 26.6 Å². The molecule has 0 saturated carbocycles. The topological polar surface area (TPSA) is 146 Å². The molecule has 0 bridgehead atoms. The van der Waals surface area contributed by atoms with Crippen molar-refractivity contribution < 1.29 is 24.2 Å². The quantitative estimate of drug-likeness (QED) is 0.303. The SMILES string of the molecule is COC(=O)NC1Cc2ccccc2N(C(=O)CC(C)(C)C[C@H](N)[C@@H](O)CNC(=O)C(C)(C)C2CCCCN2)C1. The van der Waals surface area contributed by atoms with E-state index < -0.39 is 29.1 Å². The first-order chi connectivity index (χ1) is 18.3. The fourth-order valence-corrected chi connectivity index (χ4v) is 5.71. The van der Waals surface area contributed by atoms with Gasteiger partial charge in [-0.25, -0.2) is 4.79 Å². The number of hydrogen-bond acceptors (Lipinski definition) is 7. The molecule has 1 aromatic rings. The second-order valence-corrected chi connectivity index (χ2v) is 12.4. The number of benzene rings is 1. The minimum absolute atomic E-state index is 0.0561. The van der Waals surface area contributed by atoms with Gasteiger partial charge in [0.05, 0.1) is 24.7 Å². The molecule has 0 radical (unpaired) electrons. The first-order valence-corrected chi connectivity index (χ1v) is 14.0. The predicted molar refractivity (Wildman–Crippen MR) is 151 cm³/mol. The minimum atomic E-state index is -0.942. The van der Waals surface area contributed by atoms with Gasteiger partial charge in [-0.2, -0.15) is 0 Å². The van der Waals surface area contributed by atoms with Gasteiger partial charge in [-0.1, -0.05) is 38.5 Å². The Morgan fingerprint density at radius 2 is 1.92 bits per heavy atom. The standard InChI is InChI=1S/C29H47N5O5/c1-28(2,15-21(30)23(35)17-32-26(37)29(3,4)24-12-8-9-13-31-24)16-25(36)34-18-20(33-27(38)39-5)14-19-10-6-7-11-22(19)34/h6-7,10-11,20-21,23-24,31,35H,8-9,12-18,30H2,1-5H3,(H,32,37)(H,33,38)/t20?,21-,23-,24?/m0/s1. The van der Waals surface area contributed by atoms with E-state index in [2.05, 4.69) is 16.0 Å². The van der Waals surface area contributed by atoms with Crippen LogP contribution in [0, 0.1) is 10.8 Å². The van der Waals surface area contributed by atoms with Crippen molar-refractivity contribution in [3.8, 4) is 0 Å². The molecule has 4 atom stereocenters. The molecule has 1 saturated heterocycles. The van der Waals surface area contributed by atoms with Crippen molar-refractivity contribution in [2.24, 2.45) is 16.6 Å². The highest BCUT2D eigenvalue weighted by atomic mass is 16.5. The van der Waals surface area contributed by atoms with E-state index in [0.29, 0.717) is 19.4 Å². The molecule has 3 amide bonds. The van der Waals surface area contributed by atoms with E-state index in [1.54, 1.807) is 4.90 Å². The summed E-state index contributed by atoms with van der Waals surface area (Å²) >= 11 is 0. The number of aliphatic hydroxyl groups is 1. The fourth-order valence-electron chi connectivity index (χ4n) is 5.71. The van der Waals surface area contributed by atoms with Crippen LogP contribution in [-0.2, 0) is 20.7 Å². The predicted octanol–water partition coefficient (Wildman–Crippen LogP) is 2.08. The number of nitrogens with two attached hydrogens (primary N) is 1. The molecular formula is C29H47N5O5. The summed E-state index contributed by atoms with van der Waals surface area (Å²) in [4.78, 5) is 40.0. The number of carbonyl (C=O) groups is 3. The van der Waals surface area contributed by atoms with Crippen molar-refractivity contribution in [3.05, 3.63) is 29.8 Å². The monoisotopic (exact) mass is 545 g/mol. The molecule has 218 valence electrons. The normalized spacial score (nSPS) is 21.4. The minimum Gasteiger partial charge on any atom is -0.453 e. The smallest absolute Gasteiger partial charge is 0.407 e. The molecule has 3 rings (SSSR count). The maximum Gasteiger partial charge on any atom is 0.407 e. The van der Waals surface area contributed by atoms with Gasteiger partial charge in [-0.05, 0) is 63.1 Å². The average Bonchev–Trinajstić information content (AvgIpc) is 2.90. The number of methoxy groups -OCH3 is 1. The number of carbonyl (C=O) groups excluding carboxylic acids is 3. The Hall–Kier alpha value is -2.69. The number of para-hydroxylation sites is 1. The lowest BCUT2D eigenvalue weighted by Gasteiger charge is -2.38. The second-order valence-electron chi connectivity index (χ2n) is 12.4. The Bertz CT molecular complexity index is 1010. The van der Waals surface area contributed by atoms with E-state index in [4.69, 9.17) is 10.5 Å². The second kappa shape index (κ2) is 13.1. The molecule has 10 nitrogen and oxygen atoms in total. The van der Waals surface area contributed by atoms with Crippen LogP contribution in [0.1, 0.15) is 65.4 Å². The fraction of sp³-hybridized carbons (Fsp3) is 0.690. The van der Waals surface area contributed by atoms with Gasteiger partial charge in [0.25, 0.3) is 0 Å². The number of nitrogens with zero attached hydrogens (tertiary/aromatic N) is 1. The lowest BCUT2D eigenvalue weighted by molar-refractivity contribution is -0.131. The summed E-state index contributed by atoms with van der Waals surface area (Å²) in [6.45, 7) is 9.07. The summed E-state index contributed by atoms with van der Waals surface area (Å²) in [6.07, 6.45) is 2.90. The molecule has 2 heterocycles. The van der Waals surface area contributed by atoms with E-state index in [1.807, 2.05) is 52.0 Å². The molecule has 2 aliphatic heterocycles. The Labute approximate surface area is 232 Å². The lowest BCUT2D eigenvalue weighted by Crippen LogP contribution is -2.54. The molecule has 2 aliphatic rings. The zero-order chi connectivity index (χ0) is 28.8. The van der Waals surface area contributed by atoms with Crippen molar-refractivity contribution in [3.63, 3.8) is 0 Å². The first-order valence-electron chi connectivity index (χ1n) is 14.0. The van der Waals surface area contributed by atoms with Crippen LogP contribution in [0.15, 0.2) is 24.3 Å². The number of fused-ring (bicyclic) bond motifs is 1. The van der Waals surface area contributed by atoms with Crippen LogP contribution in [0.25, 0.3) is 0 Å². The van der Waals surface area contributed by atoms with E-state index in [0.717, 1.165) is 37.1 Å². The molecule has 2 unspecified atom stereocenters. The highest BCUT2D eigenvalue weighted by Crippen LogP contribution is 2.33. The third-order valence-corrected chi connectivity index (χ3v) is 8.11. The van der Waals surface area contributed by atoms with Crippen LogP contribution >= 0.6 is 0 Å². The number of amides is 3. The van der Waals surface area contributed by atoms with Crippen LogP contribution in [-0.4, -0.2) is 74.0 Å². The average molecular weight is 546 g/mol. The van der Waals surface area contributed by atoms with Gasteiger partial charge < -0.3 is 36.4 Å². The molecule has 1 fully saturated rings. The summed E-state index contributed by atoms with van der Waals surface area (Å²) in [7, 11) is 1.31. The van der Waals surface area contributed by atoms with Gasteiger partial charge in [0.1, 0.15) is 0 Å². The molecule has 6 N–H and O–H groups in total. The maximum absolute atomic E-state index is 13.5. The number of nitrogens with one attached hydrogen (secondary N) is 3. The van der Waals surface area contributed by atoms with E-state index in [1.165, 1.54) is 7.11 Å². The summed E-state index contributed by atoms with van der Waals surface area (Å²) < 4.78 is 4.75. The first kappa shape index (κ1) is 30.8. The summed E-state index contributed by atoms with van der Waals surface area (Å²) in [6, 6.07) is 6.90. The Kier molecular flexibility index (Phi) is 10.4. The third kappa shape index (κ3) is 8.16. The number of hydrogen-bond donors (Lipinski definition) is 5. The zero-order valence-corrected chi connectivity index (χ0v) is 24.1. The molecule has 0 spiro atoms. The van der Waals surface area contributed by atoms with Crippen LogP contribution in [0.5, 0.6) is 0 Å². The number of rotatable bonds is 10. The van der Waals surface area contributed by atoms with Gasteiger partial charge in [0.2, 0.25) is 11.8 Å². The Morgan fingerprint density at radius 3 is 2.59 bits per heavy atom. The van der Waals surface area contributed by atoms with Crippen molar-refractivity contribution >= 4 is 23.6 Å². The largest absolute Gasteiger partial charge is 0.453 e. The number of piperidine rings is 1. The lowest BCUT2D eigenvalue weighted by atomic mass is 9.79. The molecular weight excluding hydrogens is 498 g/mol. The van der Waals surface area contributed by atoms with E-state index >= 15 is 0 Å². The summed E-state index contributed by atoms with van der Waals surface area (Å²) in [5, 5.41) is 19.9. The Balaban J connectivity index is 1.56. The van der Waals surface area contributed by atoms with Gasteiger partial charge in [0, 0.05) is 37.3 Å². The molecule has 0 aromatic heterocycles. The van der Waals surface area contributed by atoms with Crippen molar-refractivity contribution in [1.82, 2.24) is 16.0 Å². The maximum atomic E-state index is 13.5. The summed E-state index contributed by atoms with van der Waals surface area (Å²) in [5.41, 5.74) is 7.07. The zero-order valence-electron chi connectivity index (χ0n) is 24.1. The van der Waals surface area contributed by atoms with E-state index in [-0.39, 0.29) is 36.9 Å². The van der Waals surface area contributed by atoms with Crippen molar-refractivity contribution in [2.45, 2.75) is 90.4 Å². The molecule has 0 aliphatic carbocycles. The number of anilines is 1. The molecule has 1 aromatic carbocycles. The molecule has 10 heteroatoms. The van der Waals surface area contributed by atoms with Crippen LogP contribution in [0.4, 0.5) is 10.5 Å². The van der Waals surface area contributed by atoms with Crippen molar-refractivity contribution in [2.75, 3.05) is 31.6 Å². The van der Waals surface area contributed by atoms with E-state index in [9.17, 15) is 19.5 Å². The van der Waals surface area contributed by atoms with Crippen molar-refractivity contribution in [1.29, 1.82) is 0 Å². The van der Waals surface area contributed by atoms with Gasteiger partial charge in [0.15, 0.2) is 0 Å². The highest BCUT2D eigenvalue weighted by molar-refractivity contribution is 5.95. The number of alkyl carbamates (subject to hydrolysis) is 1. The third-order valence-electron chi connectivity index (χ3n) is 8.11. The molecule has 39 heavy (non-hydrogen) atoms. The van der Waals surface area contributed by atoms with Gasteiger partial charge in [-0.15, -0.1) is 0 Å². The Morgan fingerprint density at radius 1 is 1.21 bits per heavy atom. The summed E-state index contributed by atoms with van der Waals surface area (Å²) in [5.74, 6) is -0.193.